The van der Waals surface area contributed by atoms with E-state index < -0.39 is 0 Å². The number of aromatic nitrogens is 3. The van der Waals surface area contributed by atoms with Crippen LogP contribution in [0.1, 0.15) is 23.9 Å². The Morgan fingerprint density at radius 3 is 3.11 bits per heavy atom. The number of nitrogens with one attached hydrogen (secondary N) is 2. The normalized spacial score (nSPS) is 17.9. The maximum absolute atomic E-state index is 6.15. The predicted molar refractivity (Wildman–Crippen MR) is 72.5 cm³/mol. The van der Waals surface area contributed by atoms with Gasteiger partial charge in [-0.15, -0.1) is 0 Å². The zero-order valence-electron chi connectivity index (χ0n) is 9.99. The molecule has 2 N–H and O–H groups in total. The fourth-order valence-electron chi connectivity index (χ4n) is 2.17. The Hall–Kier alpha value is -1.30. The van der Waals surface area contributed by atoms with Crippen LogP contribution in [0.4, 0.5) is 0 Å². The van der Waals surface area contributed by atoms with Crippen molar-refractivity contribution in [2.75, 3.05) is 6.61 Å². The first-order valence-electron chi connectivity index (χ1n) is 5.93. The standard InChI is InChI=1S/C12H12Cl2N4O/c13-7-3-8-10(15-5-11-16-6-17-18-11)1-2-19-12(8)9(14)4-7/h3-4,6,10,15H,1-2,5H2,(H,16,17,18). The Morgan fingerprint density at radius 1 is 1.42 bits per heavy atom. The van der Waals surface area contributed by atoms with Gasteiger partial charge in [-0.3, -0.25) is 5.10 Å². The molecule has 2 heterocycles. The average Bonchev–Trinajstić information content (AvgIpc) is 2.89. The highest BCUT2D eigenvalue weighted by Crippen LogP contribution is 2.39. The highest BCUT2D eigenvalue weighted by molar-refractivity contribution is 6.35. The summed E-state index contributed by atoms with van der Waals surface area (Å²) < 4.78 is 5.61. The molecule has 0 bridgehead atoms. The Kier molecular flexibility index (Phi) is 3.59. The first kappa shape index (κ1) is 12.7. The number of nitrogens with zero attached hydrogens (tertiary/aromatic N) is 2. The van der Waals surface area contributed by atoms with E-state index in [9.17, 15) is 0 Å². The Balaban J connectivity index is 1.81. The highest BCUT2D eigenvalue weighted by atomic mass is 35.5. The summed E-state index contributed by atoms with van der Waals surface area (Å²) in [5, 5.41) is 11.2. The van der Waals surface area contributed by atoms with E-state index in [1.54, 1.807) is 6.07 Å². The minimum absolute atomic E-state index is 0.144. The first-order chi connectivity index (χ1) is 9.24. The number of fused-ring (bicyclic) bond motifs is 1. The van der Waals surface area contributed by atoms with Crippen LogP contribution in [0.3, 0.4) is 0 Å². The van der Waals surface area contributed by atoms with Crippen LogP contribution in [0.15, 0.2) is 18.5 Å². The van der Waals surface area contributed by atoms with Crippen molar-refractivity contribution in [3.05, 3.63) is 39.9 Å². The third kappa shape index (κ3) is 2.68. The van der Waals surface area contributed by atoms with Gasteiger partial charge in [0.25, 0.3) is 0 Å². The molecule has 2 aromatic rings. The van der Waals surface area contributed by atoms with Crippen LogP contribution in [-0.4, -0.2) is 21.8 Å². The molecule has 1 aromatic carbocycles. The van der Waals surface area contributed by atoms with E-state index in [1.807, 2.05) is 6.07 Å². The Morgan fingerprint density at radius 2 is 2.32 bits per heavy atom. The third-order valence-corrected chi connectivity index (χ3v) is 3.55. The SMILES string of the molecule is Clc1cc(Cl)c2c(c1)C(NCc1ncn[nH]1)CCO2. The quantitative estimate of drug-likeness (QED) is 0.914. The van der Waals surface area contributed by atoms with Gasteiger partial charge in [-0.1, -0.05) is 23.2 Å². The monoisotopic (exact) mass is 298 g/mol. The fourth-order valence-corrected chi connectivity index (χ4v) is 2.74. The van der Waals surface area contributed by atoms with Gasteiger partial charge >= 0.3 is 0 Å². The molecule has 1 aliphatic heterocycles. The second kappa shape index (κ2) is 5.36. The molecule has 1 unspecified atom stereocenters. The number of aromatic amines is 1. The zero-order valence-corrected chi connectivity index (χ0v) is 11.5. The highest BCUT2D eigenvalue weighted by Gasteiger charge is 2.24. The molecule has 0 saturated heterocycles. The van der Waals surface area contributed by atoms with Gasteiger partial charge in [0.05, 0.1) is 18.2 Å². The van der Waals surface area contributed by atoms with E-state index in [2.05, 4.69) is 20.5 Å². The zero-order chi connectivity index (χ0) is 13.2. The maximum Gasteiger partial charge on any atom is 0.142 e. The van der Waals surface area contributed by atoms with Gasteiger partial charge in [-0.2, -0.15) is 5.10 Å². The summed E-state index contributed by atoms with van der Waals surface area (Å²) in [4.78, 5) is 4.08. The molecule has 1 aromatic heterocycles. The second-order valence-electron chi connectivity index (χ2n) is 4.31. The van der Waals surface area contributed by atoms with Crippen molar-refractivity contribution >= 4 is 23.2 Å². The van der Waals surface area contributed by atoms with Crippen LogP contribution in [-0.2, 0) is 6.54 Å². The molecular formula is C12H12Cl2N4O. The van der Waals surface area contributed by atoms with E-state index in [0.717, 1.165) is 17.8 Å². The molecule has 1 aliphatic rings. The maximum atomic E-state index is 6.15. The summed E-state index contributed by atoms with van der Waals surface area (Å²) in [6.07, 6.45) is 2.35. The number of hydrogen-bond donors (Lipinski definition) is 2. The molecule has 100 valence electrons. The largest absolute Gasteiger partial charge is 0.492 e. The van der Waals surface area contributed by atoms with E-state index in [4.69, 9.17) is 27.9 Å². The molecule has 0 spiro atoms. The summed E-state index contributed by atoms with van der Waals surface area (Å²) in [6, 6.07) is 3.73. The van der Waals surface area contributed by atoms with Crippen LogP contribution in [0, 0.1) is 0 Å². The van der Waals surface area contributed by atoms with Crippen LogP contribution in [0.2, 0.25) is 10.0 Å². The number of hydrogen-bond acceptors (Lipinski definition) is 4. The van der Waals surface area contributed by atoms with Crippen LogP contribution in [0.25, 0.3) is 0 Å². The lowest BCUT2D eigenvalue weighted by atomic mass is 10.0. The van der Waals surface area contributed by atoms with Gasteiger partial charge < -0.3 is 10.1 Å². The molecule has 3 rings (SSSR count). The topological polar surface area (TPSA) is 62.8 Å². The molecule has 0 fully saturated rings. The summed E-state index contributed by atoms with van der Waals surface area (Å²) >= 11 is 12.2. The number of benzene rings is 1. The van der Waals surface area contributed by atoms with E-state index in [1.165, 1.54) is 6.33 Å². The molecule has 1 atom stereocenters. The fraction of sp³-hybridized carbons (Fsp3) is 0.333. The molecule has 0 radical (unpaired) electrons. The van der Waals surface area contributed by atoms with Gasteiger partial charge in [-0.05, 0) is 12.1 Å². The van der Waals surface area contributed by atoms with Gasteiger partial charge in [0, 0.05) is 23.0 Å². The third-order valence-electron chi connectivity index (χ3n) is 3.05. The van der Waals surface area contributed by atoms with Gasteiger partial charge in [0.15, 0.2) is 0 Å². The van der Waals surface area contributed by atoms with E-state index in [0.29, 0.717) is 28.9 Å². The van der Waals surface area contributed by atoms with Crippen LogP contribution < -0.4 is 10.1 Å². The van der Waals surface area contributed by atoms with E-state index >= 15 is 0 Å². The minimum Gasteiger partial charge on any atom is -0.492 e. The summed E-state index contributed by atoms with van der Waals surface area (Å²) in [7, 11) is 0. The molecular weight excluding hydrogens is 287 g/mol. The van der Waals surface area contributed by atoms with Crippen molar-refractivity contribution in [3.8, 4) is 5.75 Å². The van der Waals surface area contributed by atoms with Crippen LogP contribution in [0.5, 0.6) is 5.75 Å². The summed E-state index contributed by atoms with van der Waals surface area (Å²) in [6.45, 7) is 1.23. The van der Waals surface area contributed by atoms with Crippen molar-refractivity contribution < 1.29 is 4.74 Å². The molecule has 0 amide bonds. The lowest BCUT2D eigenvalue weighted by Crippen LogP contribution is -2.27. The summed E-state index contributed by atoms with van der Waals surface area (Å²) in [5.74, 6) is 1.51. The number of rotatable bonds is 3. The molecule has 19 heavy (non-hydrogen) atoms. The van der Waals surface area contributed by atoms with Crippen molar-refractivity contribution in [2.24, 2.45) is 0 Å². The van der Waals surface area contributed by atoms with Crippen molar-refractivity contribution in [1.29, 1.82) is 0 Å². The smallest absolute Gasteiger partial charge is 0.142 e. The molecule has 0 saturated carbocycles. The second-order valence-corrected chi connectivity index (χ2v) is 5.15. The summed E-state index contributed by atoms with van der Waals surface area (Å²) in [5.41, 5.74) is 0.989. The van der Waals surface area contributed by atoms with Crippen LogP contribution >= 0.6 is 23.2 Å². The minimum atomic E-state index is 0.144. The first-order valence-corrected chi connectivity index (χ1v) is 6.69. The Labute approximate surface area is 120 Å². The average molecular weight is 299 g/mol. The lowest BCUT2D eigenvalue weighted by molar-refractivity contribution is 0.252. The van der Waals surface area contributed by atoms with Gasteiger partial charge in [0.1, 0.15) is 17.9 Å². The van der Waals surface area contributed by atoms with Crippen molar-refractivity contribution in [1.82, 2.24) is 20.5 Å². The van der Waals surface area contributed by atoms with Crippen molar-refractivity contribution in [3.63, 3.8) is 0 Å². The van der Waals surface area contributed by atoms with Gasteiger partial charge in [-0.25, -0.2) is 4.98 Å². The molecule has 7 heteroatoms. The van der Waals surface area contributed by atoms with E-state index in [-0.39, 0.29) is 6.04 Å². The van der Waals surface area contributed by atoms with Crippen molar-refractivity contribution in [2.45, 2.75) is 19.0 Å². The number of H-pyrrole nitrogens is 1. The van der Waals surface area contributed by atoms with Gasteiger partial charge in [0.2, 0.25) is 0 Å². The lowest BCUT2D eigenvalue weighted by Gasteiger charge is -2.27. The number of halogens is 2. The molecule has 5 nitrogen and oxygen atoms in total. The predicted octanol–water partition coefficient (Wildman–Crippen LogP) is 2.72. The molecule has 0 aliphatic carbocycles. The Bertz CT molecular complexity index is 573. The number of ether oxygens (including phenoxy) is 1.